The van der Waals surface area contributed by atoms with E-state index in [4.69, 9.17) is 4.43 Å². The number of hydrogen-bond donors (Lipinski definition) is 0. The van der Waals surface area contributed by atoms with Crippen LogP contribution in [0.1, 0.15) is 17.2 Å². The Morgan fingerprint density at radius 2 is 1.35 bits per heavy atom. The van der Waals surface area contributed by atoms with Gasteiger partial charge < -0.3 is 4.43 Å². The molecule has 1 nitrogen and oxygen atoms in total. The van der Waals surface area contributed by atoms with Gasteiger partial charge in [0, 0.05) is 4.05 Å². The first kappa shape index (κ1) is 12.8. The van der Waals surface area contributed by atoms with Crippen LogP contribution in [0.2, 0.25) is 0 Å². The molecule has 0 bridgehead atoms. The highest BCUT2D eigenvalue weighted by Crippen LogP contribution is 2.25. The molecule has 0 aromatic heterocycles. The van der Waals surface area contributed by atoms with Gasteiger partial charge in [-0.3, -0.25) is 0 Å². The molecule has 0 fully saturated rings. The molecule has 2 aromatic carbocycles. The fourth-order valence-corrected chi connectivity index (χ4v) is 2.74. The second-order valence-corrected chi connectivity index (χ2v) is 6.68. The molecule has 2 rings (SSSR count). The first-order chi connectivity index (χ1) is 8.42. The zero-order chi connectivity index (χ0) is 11.9. The van der Waals surface area contributed by atoms with E-state index in [-0.39, 0.29) is 6.10 Å². The van der Waals surface area contributed by atoms with Crippen LogP contribution in [0, 0.1) is 0 Å². The van der Waals surface area contributed by atoms with Crippen LogP contribution in [0.15, 0.2) is 60.7 Å². The third-order valence-corrected chi connectivity index (χ3v) is 3.91. The normalized spacial score (nSPS) is 10.7. The van der Waals surface area contributed by atoms with Crippen molar-refractivity contribution in [3.8, 4) is 0 Å². The summed E-state index contributed by atoms with van der Waals surface area (Å²) in [5.41, 5.74) is 2.44. The molecule has 0 spiro atoms. The van der Waals surface area contributed by atoms with E-state index in [1.165, 1.54) is 11.1 Å². The summed E-state index contributed by atoms with van der Waals surface area (Å²) >= 11 is 2.35. The highest BCUT2D eigenvalue weighted by molar-refractivity contribution is 14.1. The molecule has 0 aliphatic rings. The molecule has 0 N–H and O–H groups in total. The topological polar surface area (TPSA) is 9.23 Å². The monoisotopic (exact) mass is 352 g/mol. The van der Waals surface area contributed by atoms with Crippen molar-refractivity contribution >= 4 is 32.4 Å². The van der Waals surface area contributed by atoms with Crippen molar-refractivity contribution in [2.45, 2.75) is 6.10 Å². The Hall–Kier alpha value is -0.653. The summed E-state index contributed by atoms with van der Waals surface area (Å²) in [6, 6.07) is 20.8. The minimum absolute atomic E-state index is 0.0606. The summed E-state index contributed by atoms with van der Waals surface area (Å²) in [6.07, 6.45) is 0.0606. The highest BCUT2D eigenvalue weighted by Gasteiger charge is 2.13. The van der Waals surface area contributed by atoms with E-state index in [0.717, 1.165) is 4.05 Å². The third kappa shape index (κ3) is 3.66. The smallest absolute Gasteiger partial charge is 0.241 e. The fraction of sp³-hybridized carbons (Fsp3) is 0.143. The van der Waals surface area contributed by atoms with Gasteiger partial charge in [-0.15, -0.1) is 0 Å². The maximum Gasteiger partial charge on any atom is 0.241 e. The average molecular weight is 352 g/mol. The lowest BCUT2D eigenvalue weighted by Gasteiger charge is -2.18. The molecule has 0 heterocycles. The Morgan fingerprint density at radius 3 is 1.76 bits per heavy atom. The summed E-state index contributed by atoms with van der Waals surface area (Å²) in [4.78, 5) is 0. The molecule has 0 saturated carbocycles. The Bertz CT molecular complexity index is 393. The maximum absolute atomic E-state index is 5.98. The Labute approximate surface area is 118 Å². The number of hydrogen-bond acceptors (Lipinski definition) is 1. The molecule has 2 radical (unpaired) electrons. The minimum Gasteiger partial charge on any atom is -0.406 e. The van der Waals surface area contributed by atoms with Gasteiger partial charge >= 0.3 is 0 Å². The summed E-state index contributed by atoms with van der Waals surface area (Å²) < 4.78 is 7.02. The van der Waals surface area contributed by atoms with Crippen molar-refractivity contribution < 1.29 is 4.43 Å². The first-order valence-electron chi connectivity index (χ1n) is 5.46. The van der Waals surface area contributed by atoms with Crippen LogP contribution in [-0.4, -0.2) is 13.8 Å². The van der Waals surface area contributed by atoms with Gasteiger partial charge in [-0.25, -0.2) is 0 Å². The second-order valence-electron chi connectivity index (χ2n) is 3.60. The van der Waals surface area contributed by atoms with E-state index in [2.05, 4.69) is 71.1 Å². The second kappa shape index (κ2) is 6.93. The van der Waals surface area contributed by atoms with Crippen LogP contribution in [0.4, 0.5) is 0 Å². The van der Waals surface area contributed by atoms with Gasteiger partial charge in [0.15, 0.2) is 0 Å². The van der Waals surface area contributed by atoms with E-state index < -0.39 is 0 Å². The van der Waals surface area contributed by atoms with Crippen molar-refractivity contribution in [1.29, 1.82) is 0 Å². The van der Waals surface area contributed by atoms with Gasteiger partial charge in [0.25, 0.3) is 0 Å². The molecule has 0 atom stereocenters. The molecule has 0 unspecified atom stereocenters. The van der Waals surface area contributed by atoms with Crippen LogP contribution < -0.4 is 0 Å². The predicted molar refractivity (Wildman–Crippen MR) is 80.5 cm³/mol. The van der Waals surface area contributed by atoms with Gasteiger partial charge in [0.05, 0.1) is 6.10 Å². The lowest BCUT2D eigenvalue weighted by atomic mass is 10.0. The molecule has 86 valence electrons. The Kier molecular flexibility index (Phi) is 5.22. The average Bonchev–Trinajstić information content (AvgIpc) is 2.42. The quantitative estimate of drug-likeness (QED) is 0.452. The largest absolute Gasteiger partial charge is 0.406 e. The van der Waals surface area contributed by atoms with E-state index >= 15 is 0 Å². The number of alkyl halides is 1. The summed E-state index contributed by atoms with van der Waals surface area (Å²) in [5, 5.41) is 0. The van der Waals surface area contributed by atoms with Gasteiger partial charge in [-0.1, -0.05) is 83.3 Å². The summed E-state index contributed by atoms with van der Waals surface area (Å²) in [6.45, 7) is 0. The fourth-order valence-electron chi connectivity index (χ4n) is 1.70. The zero-order valence-electron chi connectivity index (χ0n) is 9.34. The lowest BCUT2D eigenvalue weighted by molar-refractivity contribution is 0.263. The van der Waals surface area contributed by atoms with Crippen LogP contribution in [0.3, 0.4) is 0 Å². The number of benzene rings is 2. The number of halogens is 1. The Morgan fingerprint density at radius 1 is 0.882 bits per heavy atom. The molecule has 2 aromatic rings. The molecule has 0 aliphatic heterocycles. The molecule has 3 heteroatoms. The first-order valence-corrected chi connectivity index (χ1v) is 8.10. The molecular formula is C14H13IOSi. The predicted octanol–water partition coefficient (Wildman–Crippen LogP) is 3.80. The van der Waals surface area contributed by atoms with Crippen molar-refractivity contribution in [1.82, 2.24) is 0 Å². The number of rotatable bonds is 5. The highest BCUT2D eigenvalue weighted by atomic mass is 127. The summed E-state index contributed by atoms with van der Waals surface area (Å²) in [7, 11) is 0.533. The van der Waals surface area contributed by atoms with Crippen molar-refractivity contribution in [2.24, 2.45) is 0 Å². The van der Waals surface area contributed by atoms with Crippen LogP contribution >= 0.6 is 22.6 Å². The summed E-state index contributed by atoms with van der Waals surface area (Å²) in [5.74, 6) is 0. The van der Waals surface area contributed by atoms with Crippen LogP contribution in [0.25, 0.3) is 0 Å². The van der Waals surface area contributed by atoms with Crippen molar-refractivity contribution in [2.75, 3.05) is 4.05 Å². The van der Waals surface area contributed by atoms with E-state index in [9.17, 15) is 0 Å². The SMILES string of the molecule is IC[Si]OC(c1ccccc1)c1ccccc1. The molecule has 0 aliphatic carbocycles. The van der Waals surface area contributed by atoms with Gasteiger partial charge in [-0.2, -0.15) is 0 Å². The third-order valence-electron chi connectivity index (χ3n) is 2.46. The zero-order valence-corrected chi connectivity index (χ0v) is 12.5. The van der Waals surface area contributed by atoms with Gasteiger partial charge in [-0.05, 0) is 11.1 Å². The van der Waals surface area contributed by atoms with Crippen molar-refractivity contribution in [3.63, 3.8) is 0 Å². The van der Waals surface area contributed by atoms with E-state index in [0.29, 0.717) is 9.76 Å². The Balaban J connectivity index is 2.26. The molecule has 0 amide bonds. The molecule has 0 saturated heterocycles. The molecular weight excluding hydrogens is 339 g/mol. The van der Waals surface area contributed by atoms with Crippen molar-refractivity contribution in [3.05, 3.63) is 71.8 Å². The van der Waals surface area contributed by atoms with Crippen LogP contribution in [0.5, 0.6) is 0 Å². The molecule has 17 heavy (non-hydrogen) atoms. The van der Waals surface area contributed by atoms with E-state index in [1.54, 1.807) is 0 Å². The van der Waals surface area contributed by atoms with E-state index in [1.807, 2.05) is 12.1 Å². The van der Waals surface area contributed by atoms with Crippen LogP contribution in [-0.2, 0) is 4.43 Å². The minimum atomic E-state index is 0.0606. The maximum atomic E-state index is 5.98. The van der Waals surface area contributed by atoms with Gasteiger partial charge in [0.2, 0.25) is 9.76 Å². The van der Waals surface area contributed by atoms with Gasteiger partial charge in [0.1, 0.15) is 0 Å². The standard InChI is InChI=1S/C14H13IOSi/c15-11-17-16-14(12-7-3-1-4-8-12)13-9-5-2-6-10-13/h1-10,14H,11H2. The lowest BCUT2D eigenvalue weighted by Crippen LogP contribution is -2.10.